The van der Waals surface area contributed by atoms with Crippen molar-refractivity contribution in [3.63, 3.8) is 0 Å². The van der Waals surface area contributed by atoms with Gasteiger partial charge in [0.25, 0.3) is 0 Å². The van der Waals surface area contributed by atoms with E-state index < -0.39 is 20.2 Å². The van der Waals surface area contributed by atoms with Crippen LogP contribution in [0.4, 0.5) is 0 Å². The lowest BCUT2D eigenvalue weighted by Crippen LogP contribution is -2.59. The van der Waals surface area contributed by atoms with E-state index in [9.17, 15) is 5.11 Å². The summed E-state index contributed by atoms with van der Waals surface area (Å²) < 4.78 is 19.3. The molecule has 202 valence electrons. The number of hydrogen-bond acceptors (Lipinski definition) is 4. The summed E-state index contributed by atoms with van der Waals surface area (Å²) in [7, 11) is -1.95. The molecule has 6 heteroatoms. The zero-order chi connectivity index (χ0) is 26.5. The van der Waals surface area contributed by atoms with Crippen LogP contribution in [0.3, 0.4) is 0 Å². The zero-order valence-corrected chi connectivity index (χ0v) is 24.9. The van der Waals surface area contributed by atoms with Gasteiger partial charge in [0.2, 0.25) is 5.79 Å². The summed E-state index contributed by atoms with van der Waals surface area (Å²) in [6.45, 7) is 13.0. The summed E-state index contributed by atoms with van der Waals surface area (Å²) in [4.78, 5) is 0. The number of rotatable bonds is 8. The third-order valence-electron chi connectivity index (χ3n) is 8.77. The first-order valence-electron chi connectivity index (χ1n) is 14.1. The van der Waals surface area contributed by atoms with Gasteiger partial charge in [0, 0.05) is 10.6 Å². The summed E-state index contributed by atoms with van der Waals surface area (Å²) in [6, 6.07) is 14.2. The molecule has 3 aliphatic rings. The highest BCUT2D eigenvalue weighted by molar-refractivity contribution is 6.69. The van der Waals surface area contributed by atoms with E-state index in [0.29, 0.717) is 23.1 Å². The molecule has 0 amide bonds. The van der Waals surface area contributed by atoms with Gasteiger partial charge >= 0.3 is 0 Å². The minimum absolute atomic E-state index is 0.0427. The molecule has 1 N–H and O–H groups in total. The number of hydrogen-bond donors (Lipinski definition) is 1. The maximum Gasteiger partial charge on any atom is 0.218 e. The van der Waals surface area contributed by atoms with Crippen molar-refractivity contribution < 1.29 is 19.0 Å². The first-order valence-corrected chi connectivity index (χ1v) is 17.9. The largest absolute Gasteiger partial charge is 0.490 e. The van der Waals surface area contributed by atoms with Crippen LogP contribution in [-0.2, 0) is 21.4 Å². The minimum Gasteiger partial charge on any atom is -0.490 e. The second-order valence-corrected chi connectivity index (χ2v) is 17.6. The first-order chi connectivity index (χ1) is 17.5. The average Bonchev–Trinajstić information content (AvgIpc) is 3.46. The van der Waals surface area contributed by atoms with Crippen molar-refractivity contribution in [3.05, 3.63) is 64.2 Å². The molecule has 2 aliphatic carbocycles. The molecule has 8 atom stereocenters. The van der Waals surface area contributed by atoms with Gasteiger partial charge in [0.15, 0.2) is 8.32 Å². The Balaban J connectivity index is 1.37. The molecular formula is C31H43ClO4Si. The van der Waals surface area contributed by atoms with E-state index in [0.717, 1.165) is 35.1 Å². The molecule has 0 aromatic heterocycles. The summed E-state index contributed by atoms with van der Waals surface area (Å²) in [5.74, 6) is 1.68. The standard InChI is InChI=1S/C31H43ClO4Si/c1-7-29-19(2)20(3)30(36-37(4,5)6)31(33,35-29)25-10-13-28(32)24(16-25)14-21-8-11-26(12-9-21)34-27-17-22-15-23(22)18-27/h8-13,16,19-20,22-23,27,29-30,33H,7,14-15,17-18H2,1-6H3/t19-,20-,22-,23+,27-,29+,30+,31?/m0/s1. The highest BCUT2D eigenvalue weighted by atomic mass is 35.5. The third-order valence-corrected chi connectivity index (χ3v) is 10.1. The van der Waals surface area contributed by atoms with Gasteiger partial charge in [0.1, 0.15) is 11.9 Å². The normalized spacial score (nSPS) is 35.3. The van der Waals surface area contributed by atoms with Crippen LogP contribution in [0.2, 0.25) is 24.7 Å². The monoisotopic (exact) mass is 542 g/mol. The second-order valence-electron chi connectivity index (χ2n) is 12.7. The molecule has 0 spiro atoms. The van der Waals surface area contributed by atoms with Crippen LogP contribution in [0.5, 0.6) is 5.75 Å². The highest BCUT2D eigenvalue weighted by Crippen LogP contribution is 2.52. The van der Waals surface area contributed by atoms with E-state index in [-0.39, 0.29) is 17.9 Å². The average molecular weight is 543 g/mol. The fraction of sp³-hybridized carbons (Fsp3) is 0.613. The second kappa shape index (κ2) is 10.3. The van der Waals surface area contributed by atoms with E-state index in [1.165, 1.54) is 19.3 Å². The van der Waals surface area contributed by atoms with Gasteiger partial charge in [-0.3, -0.25) is 0 Å². The molecule has 1 heterocycles. The Kier molecular flexibility index (Phi) is 7.58. The molecule has 5 rings (SSSR count). The quantitative estimate of drug-likeness (QED) is 0.350. The van der Waals surface area contributed by atoms with Gasteiger partial charge < -0.3 is 19.0 Å². The SMILES string of the molecule is CC[C@H]1OC(O)(c2ccc(Cl)c(Cc3ccc(O[C@H]4C[C@@H]5C[C@@H]5C4)cc3)c2)[C@H](O[Si](C)(C)C)[C@@H](C)[C@@H]1C. The summed E-state index contributed by atoms with van der Waals surface area (Å²) in [5, 5.41) is 12.8. The first kappa shape index (κ1) is 27.2. The van der Waals surface area contributed by atoms with Crippen LogP contribution < -0.4 is 4.74 Å². The van der Waals surface area contributed by atoms with Crippen molar-refractivity contribution in [1.82, 2.24) is 0 Å². The molecule has 0 radical (unpaired) electrons. The molecular weight excluding hydrogens is 500 g/mol. The zero-order valence-electron chi connectivity index (χ0n) is 23.2. The van der Waals surface area contributed by atoms with Crippen molar-refractivity contribution in [1.29, 1.82) is 0 Å². The Hall–Kier alpha value is -1.37. The van der Waals surface area contributed by atoms with Gasteiger partial charge in [0.05, 0.1) is 12.2 Å². The molecule has 1 unspecified atom stereocenters. The van der Waals surface area contributed by atoms with Crippen molar-refractivity contribution in [2.75, 3.05) is 0 Å². The van der Waals surface area contributed by atoms with E-state index in [1.807, 2.05) is 18.2 Å². The number of benzene rings is 2. The maximum absolute atomic E-state index is 12.1. The topological polar surface area (TPSA) is 47.9 Å². The maximum atomic E-state index is 12.1. The fourth-order valence-corrected chi connectivity index (χ4v) is 7.74. The summed E-state index contributed by atoms with van der Waals surface area (Å²) in [6.07, 6.45) is 5.21. The molecule has 0 bridgehead atoms. The predicted molar refractivity (Wildman–Crippen MR) is 152 cm³/mol. The Morgan fingerprint density at radius 2 is 1.68 bits per heavy atom. The van der Waals surface area contributed by atoms with Gasteiger partial charge in [-0.15, -0.1) is 0 Å². The van der Waals surface area contributed by atoms with Crippen molar-refractivity contribution >= 4 is 19.9 Å². The lowest BCUT2D eigenvalue weighted by Gasteiger charge is -2.51. The van der Waals surface area contributed by atoms with E-state index in [1.54, 1.807) is 0 Å². The lowest BCUT2D eigenvalue weighted by atomic mass is 9.77. The Labute approximate surface area is 228 Å². The van der Waals surface area contributed by atoms with E-state index in [4.69, 9.17) is 25.5 Å². The molecule has 4 nitrogen and oxygen atoms in total. The van der Waals surface area contributed by atoms with Crippen LogP contribution in [0.15, 0.2) is 42.5 Å². The van der Waals surface area contributed by atoms with Crippen molar-refractivity contribution in [2.45, 2.75) is 96.6 Å². The van der Waals surface area contributed by atoms with Crippen LogP contribution in [0, 0.1) is 23.7 Å². The number of ether oxygens (including phenoxy) is 2. The number of halogens is 1. The van der Waals surface area contributed by atoms with Crippen LogP contribution in [-0.4, -0.2) is 31.7 Å². The van der Waals surface area contributed by atoms with E-state index >= 15 is 0 Å². The van der Waals surface area contributed by atoms with Gasteiger partial charge in [-0.05, 0) is 111 Å². The van der Waals surface area contributed by atoms with Crippen molar-refractivity contribution in [2.24, 2.45) is 23.7 Å². The van der Waals surface area contributed by atoms with E-state index in [2.05, 4.69) is 64.7 Å². The van der Waals surface area contributed by atoms with Crippen LogP contribution >= 0.6 is 11.6 Å². The Morgan fingerprint density at radius 1 is 1.00 bits per heavy atom. The number of aliphatic hydroxyl groups is 1. The predicted octanol–water partition coefficient (Wildman–Crippen LogP) is 7.55. The lowest BCUT2D eigenvalue weighted by molar-refractivity contribution is -0.331. The minimum atomic E-state index is -1.95. The van der Waals surface area contributed by atoms with Crippen LogP contribution in [0.1, 0.15) is 63.1 Å². The molecule has 1 saturated heterocycles. The Bertz CT molecular complexity index is 1090. The van der Waals surface area contributed by atoms with Crippen molar-refractivity contribution in [3.8, 4) is 5.75 Å². The molecule has 2 aromatic rings. The van der Waals surface area contributed by atoms with Crippen LogP contribution in [0.25, 0.3) is 0 Å². The highest BCUT2D eigenvalue weighted by Gasteiger charge is 2.53. The molecule has 1 aliphatic heterocycles. The molecule has 2 saturated carbocycles. The molecule has 37 heavy (non-hydrogen) atoms. The number of fused-ring (bicyclic) bond motifs is 1. The molecule has 3 fully saturated rings. The fourth-order valence-electron chi connectivity index (χ4n) is 6.42. The molecule has 2 aromatic carbocycles. The summed E-state index contributed by atoms with van der Waals surface area (Å²) in [5.41, 5.74) is 2.83. The Morgan fingerprint density at radius 3 is 2.30 bits per heavy atom. The van der Waals surface area contributed by atoms with Gasteiger partial charge in [-0.1, -0.05) is 50.6 Å². The third kappa shape index (κ3) is 5.81. The summed E-state index contributed by atoms with van der Waals surface area (Å²) >= 11 is 6.67. The smallest absolute Gasteiger partial charge is 0.218 e. The van der Waals surface area contributed by atoms with Gasteiger partial charge in [-0.25, -0.2) is 0 Å². The van der Waals surface area contributed by atoms with Gasteiger partial charge in [-0.2, -0.15) is 0 Å².